The molecule has 8 heteroatoms. The first-order valence-electron chi connectivity index (χ1n) is 9.22. The summed E-state index contributed by atoms with van der Waals surface area (Å²) >= 11 is 0. The van der Waals surface area contributed by atoms with E-state index in [9.17, 15) is 8.42 Å². The molecular weight excluding hydrogens is 362 g/mol. The van der Waals surface area contributed by atoms with Crippen molar-refractivity contribution in [3.63, 3.8) is 0 Å². The maximum Gasteiger partial charge on any atom is 0.243 e. The van der Waals surface area contributed by atoms with Crippen LogP contribution in [0.25, 0.3) is 11.5 Å². The van der Waals surface area contributed by atoms with Crippen molar-refractivity contribution in [2.24, 2.45) is 0 Å². The molecular formula is C19H23N5O2S. The molecule has 0 saturated heterocycles. The predicted molar refractivity (Wildman–Crippen MR) is 103 cm³/mol. The third kappa shape index (κ3) is 3.08. The SMILES string of the molecule is CCc1ccc(S(=O)(=O)N2CCc3c(c(-c4ncc[nH]4)nn3CC)C2)cc1. The highest BCUT2D eigenvalue weighted by Crippen LogP contribution is 2.31. The lowest BCUT2D eigenvalue weighted by Gasteiger charge is -2.27. The van der Waals surface area contributed by atoms with E-state index >= 15 is 0 Å². The minimum Gasteiger partial charge on any atom is -0.343 e. The van der Waals surface area contributed by atoms with Gasteiger partial charge >= 0.3 is 0 Å². The molecule has 0 atom stereocenters. The van der Waals surface area contributed by atoms with E-state index in [2.05, 4.69) is 22.0 Å². The number of aromatic amines is 1. The van der Waals surface area contributed by atoms with E-state index in [-0.39, 0.29) is 0 Å². The summed E-state index contributed by atoms with van der Waals surface area (Å²) < 4.78 is 29.8. The van der Waals surface area contributed by atoms with Gasteiger partial charge in [-0.15, -0.1) is 0 Å². The van der Waals surface area contributed by atoms with Gasteiger partial charge in [-0.1, -0.05) is 19.1 Å². The number of aryl methyl sites for hydroxylation is 2. The summed E-state index contributed by atoms with van der Waals surface area (Å²) in [6, 6.07) is 7.16. The third-order valence-electron chi connectivity index (χ3n) is 5.09. The number of hydrogen-bond donors (Lipinski definition) is 1. The molecule has 3 aromatic rings. The highest BCUT2D eigenvalue weighted by molar-refractivity contribution is 7.89. The first-order valence-corrected chi connectivity index (χ1v) is 10.7. The van der Waals surface area contributed by atoms with Crippen LogP contribution in [0.1, 0.15) is 30.7 Å². The van der Waals surface area contributed by atoms with Gasteiger partial charge in [0.1, 0.15) is 5.69 Å². The number of sulfonamides is 1. The molecule has 3 heterocycles. The number of aromatic nitrogens is 4. The van der Waals surface area contributed by atoms with E-state index in [1.807, 2.05) is 23.7 Å². The summed E-state index contributed by atoms with van der Waals surface area (Å²) in [4.78, 5) is 7.73. The molecule has 1 aliphatic rings. The van der Waals surface area contributed by atoms with Crippen molar-refractivity contribution >= 4 is 10.0 Å². The molecule has 4 rings (SSSR count). The van der Waals surface area contributed by atoms with Gasteiger partial charge in [-0.05, 0) is 31.0 Å². The van der Waals surface area contributed by atoms with Crippen molar-refractivity contribution in [3.8, 4) is 11.5 Å². The van der Waals surface area contributed by atoms with Crippen molar-refractivity contribution in [3.05, 3.63) is 53.5 Å². The van der Waals surface area contributed by atoms with Gasteiger partial charge in [0.05, 0.1) is 4.90 Å². The lowest BCUT2D eigenvalue weighted by molar-refractivity contribution is 0.384. The van der Waals surface area contributed by atoms with Crippen molar-refractivity contribution in [1.29, 1.82) is 0 Å². The molecule has 0 aliphatic carbocycles. The molecule has 7 nitrogen and oxygen atoms in total. The molecule has 0 amide bonds. The molecule has 142 valence electrons. The van der Waals surface area contributed by atoms with Crippen LogP contribution in [-0.2, 0) is 36.0 Å². The second kappa shape index (κ2) is 6.94. The molecule has 2 aromatic heterocycles. The van der Waals surface area contributed by atoms with Gasteiger partial charge in [0.15, 0.2) is 5.82 Å². The van der Waals surface area contributed by atoms with Gasteiger partial charge in [-0.3, -0.25) is 4.68 Å². The Morgan fingerprint density at radius 2 is 1.96 bits per heavy atom. The summed E-state index contributed by atoms with van der Waals surface area (Å²) in [5, 5.41) is 4.67. The van der Waals surface area contributed by atoms with Crippen molar-refractivity contribution in [1.82, 2.24) is 24.1 Å². The zero-order valence-corrected chi connectivity index (χ0v) is 16.3. The van der Waals surface area contributed by atoms with Crippen LogP contribution in [0.4, 0.5) is 0 Å². The fraction of sp³-hybridized carbons (Fsp3) is 0.368. The quantitative estimate of drug-likeness (QED) is 0.732. The average Bonchev–Trinajstić information content (AvgIpc) is 3.35. The minimum absolute atomic E-state index is 0.309. The van der Waals surface area contributed by atoms with E-state index in [0.29, 0.717) is 30.2 Å². The van der Waals surface area contributed by atoms with Crippen LogP contribution in [-0.4, -0.2) is 39.0 Å². The second-order valence-electron chi connectivity index (χ2n) is 6.61. The number of imidazole rings is 1. The number of nitrogens with one attached hydrogen (secondary N) is 1. The maximum absolute atomic E-state index is 13.1. The molecule has 1 aliphatic heterocycles. The van der Waals surface area contributed by atoms with Gasteiger partial charge in [-0.25, -0.2) is 13.4 Å². The maximum atomic E-state index is 13.1. The molecule has 0 bridgehead atoms. The Morgan fingerprint density at radius 1 is 1.19 bits per heavy atom. The highest BCUT2D eigenvalue weighted by Gasteiger charge is 2.33. The summed E-state index contributed by atoms with van der Waals surface area (Å²) in [5.41, 5.74) is 3.89. The van der Waals surface area contributed by atoms with E-state index in [4.69, 9.17) is 0 Å². The Hall–Kier alpha value is -2.45. The van der Waals surface area contributed by atoms with Crippen molar-refractivity contribution in [2.75, 3.05) is 6.54 Å². The van der Waals surface area contributed by atoms with E-state index in [0.717, 1.165) is 35.5 Å². The molecule has 0 spiro atoms. The van der Waals surface area contributed by atoms with E-state index < -0.39 is 10.0 Å². The first kappa shape index (κ1) is 17.9. The summed E-state index contributed by atoms with van der Waals surface area (Å²) in [7, 11) is -3.55. The molecule has 0 radical (unpaired) electrons. The lowest BCUT2D eigenvalue weighted by Crippen LogP contribution is -2.36. The number of fused-ring (bicyclic) bond motifs is 1. The fourth-order valence-corrected chi connectivity index (χ4v) is 4.97. The Kier molecular flexibility index (Phi) is 4.61. The monoisotopic (exact) mass is 385 g/mol. The Labute approximate surface area is 159 Å². The molecule has 0 unspecified atom stereocenters. The summed E-state index contributed by atoms with van der Waals surface area (Å²) in [5.74, 6) is 0.671. The normalized spacial score (nSPS) is 15.0. The molecule has 0 saturated carbocycles. The first-order chi connectivity index (χ1) is 13.0. The Morgan fingerprint density at radius 3 is 2.59 bits per heavy atom. The standard InChI is InChI=1S/C19H23N5O2S/c1-3-14-5-7-15(8-6-14)27(25,26)23-12-9-17-16(13-23)18(22-24(17)4-2)19-20-10-11-21-19/h5-8,10-11H,3-4,9,12-13H2,1-2H3,(H,20,21). The number of H-pyrrole nitrogens is 1. The van der Waals surface area contributed by atoms with Crippen LogP contribution in [0.3, 0.4) is 0 Å². The van der Waals surface area contributed by atoms with Crippen LogP contribution >= 0.6 is 0 Å². The van der Waals surface area contributed by atoms with Crippen LogP contribution in [0, 0.1) is 0 Å². The third-order valence-corrected chi connectivity index (χ3v) is 6.95. The van der Waals surface area contributed by atoms with Crippen LogP contribution in [0.15, 0.2) is 41.6 Å². The van der Waals surface area contributed by atoms with Crippen LogP contribution < -0.4 is 0 Å². The van der Waals surface area contributed by atoms with E-state index in [1.54, 1.807) is 28.8 Å². The molecule has 1 N–H and O–H groups in total. The summed E-state index contributed by atoms with van der Waals surface area (Å²) in [6.45, 7) is 5.60. The predicted octanol–water partition coefficient (Wildman–Crippen LogP) is 2.60. The second-order valence-corrected chi connectivity index (χ2v) is 8.55. The minimum atomic E-state index is -3.55. The zero-order valence-electron chi connectivity index (χ0n) is 15.5. The van der Waals surface area contributed by atoms with Gasteiger partial charge in [0.2, 0.25) is 10.0 Å². The number of rotatable bonds is 5. The van der Waals surface area contributed by atoms with Gasteiger partial charge in [0, 0.05) is 49.7 Å². The number of benzene rings is 1. The van der Waals surface area contributed by atoms with Gasteiger partial charge in [-0.2, -0.15) is 9.40 Å². The van der Waals surface area contributed by atoms with Crippen molar-refractivity contribution in [2.45, 2.75) is 44.7 Å². The number of nitrogens with zero attached hydrogens (tertiary/aromatic N) is 4. The zero-order chi connectivity index (χ0) is 19.0. The number of hydrogen-bond acceptors (Lipinski definition) is 4. The molecule has 1 aromatic carbocycles. The lowest BCUT2D eigenvalue weighted by atomic mass is 10.1. The fourth-order valence-electron chi connectivity index (χ4n) is 3.56. The highest BCUT2D eigenvalue weighted by atomic mass is 32.2. The molecule has 0 fully saturated rings. The Balaban J connectivity index is 1.70. The Bertz CT molecular complexity index is 1040. The largest absolute Gasteiger partial charge is 0.343 e. The van der Waals surface area contributed by atoms with Crippen LogP contribution in [0.2, 0.25) is 0 Å². The smallest absolute Gasteiger partial charge is 0.243 e. The summed E-state index contributed by atoms with van der Waals surface area (Å²) in [6.07, 6.45) is 4.96. The topological polar surface area (TPSA) is 83.9 Å². The van der Waals surface area contributed by atoms with Crippen molar-refractivity contribution < 1.29 is 8.42 Å². The van der Waals surface area contributed by atoms with E-state index in [1.165, 1.54) is 0 Å². The van der Waals surface area contributed by atoms with Crippen LogP contribution in [0.5, 0.6) is 0 Å². The molecule has 27 heavy (non-hydrogen) atoms. The average molecular weight is 385 g/mol. The van der Waals surface area contributed by atoms with Gasteiger partial charge < -0.3 is 4.98 Å². The van der Waals surface area contributed by atoms with Gasteiger partial charge in [0.25, 0.3) is 0 Å².